The maximum Gasteiger partial charge on any atom is 0.340 e. The van der Waals surface area contributed by atoms with Crippen LogP contribution in [0.1, 0.15) is 46.9 Å². The van der Waals surface area contributed by atoms with Gasteiger partial charge in [-0.1, -0.05) is 65.0 Å². The van der Waals surface area contributed by atoms with Crippen molar-refractivity contribution in [2.75, 3.05) is 19.2 Å². The van der Waals surface area contributed by atoms with Crippen LogP contribution >= 0.6 is 0 Å². The Hall–Kier alpha value is -4.15. The number of hydrogen-bond acceptors (Lipinski definition) is 8. The standard InChI is InChI=1S/C30H41N7O3/c1-9-24(36(7)31)28(39-8)23(18-19(2)30(4,5)6)35-29(38)37(32)25-14-15-26(22-13-11-10-12-21(22)25)40-27-16-17-33-20(3)34-27/h10-19H,9,31-32H2,1-8H3,(H,35,38)/b23-18+,28-24-. The van der Waals surface area contributed by atoms with Gasteiger partial charge in [0, 0.05) is 30.1 Å². The van der Waals surface area contributed by atoms with E-state index in [0.717, 1.165) is 21.5 Å². The molecule has 0 saturated heterocycles. The van der Waals surface area contributed by atoms with Gasteiger partial charge in [-0.05, 0) is 36.8 Å². The van der Waals surface area contributed by atoms with Gasteiger partial charge < -0.3 is 19.8 Å². The summed E-state index contributed by atoms with van der Waals surface area (Å²) in [6, 6.07) is 12.2. The molecule has 3 aromatic rings. The summed E-state index contributed by atoms with van der Waals surface area (Å²) in [5.41, 5.74) is 1.65. The minimum absolute atomic E-state index is 0.0630. The number of methoxy groups -OCH3 is 1. The Labute approximate surface area is 236 Å². The molecule has 1 unspecified atom stereocenters. The Balaban J connectivity index is 2.02. The van der Waals surface area contributed by atoms with Crippen LogP contribution < -0.4 is 26.7 Å². The van der Waals surface area contributed by atoms with Crippen LogP contribution in [0.15, 0.2) is 71.9 Å². The fourth-order valence-electron chi connectivity index (χ4n) is 4.07. The number of aryl methyl sites for hydroxylation is 1. The van der Waals surface area contributed by atoms with Crippen LogP contribution in [0.3, 0.4) is 0 Å². The lowest BCUT2D eigenvalue weighted by molar-refractivity contribution is 0.242. The van der Waals surface area contributed by atoms with E-state index in [9.17, 15) is 4.79 Å². The van der Waals surface area contributed by atoms with Crippen molar-refractivity contribution >= 4 is 22.5 Å². The minimum atomic E-state index is -0.540. The zero-order valence-corrected chi connectivity index (χ0v) is 24.6. The number of hydrazine groups is 2. The topological polar surface area (TPSA) is 132 Å². The molecule has 1 atom stereocenters. The molecule has 0 fully saturated rings. The van der Waals surface area contributed by atoms with Gasteiger partial charge in [0.15, 0.2) is 5.76 Å². The van der Waals surface area contributed by atoms with E-state index in [1.165, 1.54) is 5.01 Å². The average Bonchev–Trinajstić information content (AvgIpc) is 2.90. The molecule has 5 N–H and O–H groups in total. The van der Waals surface area contributed by atoms with Crippen molar-refractivity contribution < 1.29 is 14.3 Å². The van der Waals surface area contributed by atoms with E-state index in [4.69, 9.17) is 21.2 Å². The number of hydrogen-bond donors (Lipinski definition) is 3. The summed E-state index contributed by atoms with van der Waals surface area (Å²) < 4.78 is 11.8. The number of anilines is 1. The summed E-state index contributed by atoms with van der Waals surface area (Å²) >= 11 is 0. The van der Waals surface area contributed by atoms with Gasteiger partial charge in [0.2, 0.25) is 5.88 Å². The number of nitrogens with two attached hydrogens (primary N) is 2. The predicted octanol–water partition coefficient (Wildman–Crippen LogP) is 5.76. The van der Waals surface area contributed by atoms with Crippen molar-refractivity contribution in [1.29, 1.82) is 0 Å². The van der Waals surface area contributed by atoms with Crippen LogP contribution in [0.25, 0.3) is 10.8 Å². The van der Waals surface area contributed by atoms with Crippen LogP contribution in [-0.4, -0.2) is 35.2 Å². The first kappa shape index (κ1) is 30.4. The lowest BCUT2D eigenvalue weighted by Gasteiger charge is -2.28. The number of aromatic nitrogens is 2. The third kappa shape index (κ3) is 7.08. The van der Waals surface area contributed by atoms with Gasteiger partial charge in [-0.2, -0.15) is 4.98 Å². The second kappa shape index (κ2) is 12.8. The summed E-state index contributed by atoms with van der Waals surface area (Å²) in [5, 5.41) is 7.05. The molecule has 0 saturated carbocycles. The molecular formula is C30H41N7O3. The Morgan fingerprint density at radius 3 is 2.38 bits per heavy atom. The van der Waals surface area contributed by atoms with Crippen molar-refractivity contribution in [3.05, 3.63) is 77.7 Å². The molecule has 0 bridgehead atoms. The molecule has 1 aromatic heterocycles. The fourth-order valence-corrected chi connectivity index (χ4v) is 4.07. The van der Waals surface area contributed by atoms with Crippen molar-refractivity contribution in [3.8, 4) is 11.6 Å². The molecule has 3 rings (SSSR count). The van der Waals surface area contributed by atoms with Crippen molar-refractivity contribution in [2.45, 2.75) is 48.0 Å². The van der Waals surface area contributed by atoms with Gasteiger partial charge in [0.1, 0.15) is 11.6 Å². The van der Waals surface area contributed by atoms with E-state index < -0.39 is 6.03 Å². The van der Waals surface area contributed by atoms with Crippen LogP contribution in [0.5, 0.6) is 11.6 Å². The largest absolute Gasteiger partial charge is 0.493 e. The first-order valence-corrected chi connectivity index (χ1v) is 13.2. The highest BCUT2D eigenvalue weighted by atomic mass is 16.5. The molecule has 0 radical (unpaired) electrons. The molecule has 0 aliphatic carbocycles. The van der Waals surface area contributed by atoms with Crippen LogP contribution in [-0.2, 0) is 4.74 Å². The predicted molar refractivity (Wildman–Crippen MR) is 159 cm³/mol. The van der Waals surface area contributed by atoms with E-state index in [0.29, 0.717) is 41.0 Å². The summed E-state index contributed by atoms with van der Waals surface area (Å²) in [7, 11) is 3.29. The number of ether oxygens (including phenoxy) is 2. The molecule has 2 aromatic carbocycles. The summed E-state index contributed by atoms with van der Waals surface area (Å²) in [4.78, 5) is 22.1. The molecule has 10 heteroatoms. The van der Waals surface area contributed by atoms with Crippen molar-refractivity contribution in [1.82, 2.24) is 20.3 Å². The molecular weight excluding hydrogens is 506 g/mol. The Morgan fingerprint density at radius 2 is 1.80 bits per heavy atom. The Kier molecular flexibility index (Phi) is 9.73. The van der Waals surface area contributed by atoms with Crippen LogP contribution in [0.4, 0.5) is 10.5 Å². The van der Waals surface area contributed by atoms with Gasteiger partial charge in [0.25, 0.3) is 0 Å². The summed E-state index contributed by atoms with van der Waals surface area (Å²) in [5.74, 6) is 14.7. The molecule has 1 heterocycles. The first-order chi connectivity index (χ1) is 18.9. The quantitative estimate of drug-likeness (QED) is 0.101. The second-order valence-corrected chi connectivity index (χ2v) is 10.7. The number of carbonyl (C=O) groups excluding carboxylic acids is 1. The highest BCUT2D eigenvalue weighted by Crippen LogP contribution is 2.35. The number of nitrogens with zero attached hydrogens (tertiary/aromatic N) is 4. The molecule has 0 spiro atoms. The lowest BCUT2D eigenvalue weighted by atomic mass is 9.81. The van der Waals surface area contributed by atoms with Gasteiger partial charge in [-0.25, -0.2) is 26.5 Å². The molecule has 214 valence electrons. The van der Waals surface area contributed by atoms with E-state index in [-0.39, 0.29) is 11.3 Å². The molecule has 0 aliphatic rings. The number of rotatable bonds is 9. The third-order valence-electron chi connectivity index (χ3n) is 6.80. The summed E-state index contributed by atoms with van der Waals surface area (Å²) in [6.07, 6.45) is 4.21. The zero-order chi connectivity index (χ0) is 29.6. The highest BCUT2D eigenvalue weighted by molar-refractivity contribution is 6.05. The fraction of sp³-hybridized carbons (Fsp3) is 0.367. The molecule has 40 heavy (non-hydrogen) atoms. The molecule has 0 aliphatic heterocycles. The molecule has 2 amide bonds. The van der Waals surface area contributed by atoms with E-state index >= 15 is 0 Å². The van der Waals surface area contributed by atoms with Crippen LogP contribution in [0, 0.1) is 18.3 Å². The van der Waals surface area contributed by atoms with E-state index in [2.05, 4.69) is 43.0 Å². The molecule has 10 nitrogen and oxygen atoms in total. The van der Waals surface area contributed by atoms with Gasteiger partial charge >= 0.3 is 6.03 Å². The van der Waals surface area contributed by atoms with Gasteiger partial charge in [-0.15, -0.1) is 0 Å². The van der Waals surface area contributed by atoms with Crippen molar-refractivity contribution in [3.63, 3.8) is 0 Å². The SMILES string of the molecule is CC/C(=C(OC)\C(=C/C(C)C(C)(C)C)NC(=O)N(N)c1ccc(Oc2ccnc(C)n2)c2ccccc12)N(C)N. The first-order valence-electron chi connectivity index (χ1n) is 13.2. The highest BCUT2D eigenvalue weighted by Gasteiger charge is 2.25. The number of fused-ring (bicyclic) bond motifs is 1. The monoisotopic (exact) mass is 547 g/mol. The maximum atomic E-state index is 13.6. The van der Waals surface area contributed by atoms with E-state index in [1.807, 2.05) is 37.3 Å². The number of nitrogens with one attached hydrogen (secondary N) is 1. The Bertz CT molecular complexity index is 1410. The van der Waals surface area contributed by atoms with Gasteiger partial charge in [0.05, 0.1) is 24.2 Å². The smallest absolute Gasteiger partial charge is 0.340 e. The summed E-state index contributed by atoms with van der Waals surface area (Å²) in [6.45, 7) is 12.2. The normalized spacial score (nSPS) is 13.4. The third-order valence-corrected chi connectivity index (χ3v) is 6.80. The number of allylic oxidation sites excluding steroid dienone is 2. The van der Waals surface area contributed by atoms with Crippen molar-refractivity contribution in [2.24, 2.45) is 23.0 Å². The number of urea groups is 1. The van der Waals surface area contributed by atoms with Gasteiger partial charge in [-0.3, -0.25) is 0 Å². The zero-order valence-electron chi connectivity index (χ0n) is 24.6. The number of carbonyl (C=O) groups is 1. The second-order valence-electron chi connectivity index (χ2n) is 10.7. The average molecular weight is 548 g/mol. The number of benzene rings is 2. The minimum Gasteiger partial charge on any atom is -0.493 e. The Morgan fingerprint density at radius 1 is 1.12 bits per heavy atom. The van der Waals surface area contributed by atoms with Crippen LogP contribution in [0.2, 0.25) is 0 Å². The maximum absolute atomic E-state index is 13.6. The lowest BCUT2D eigenvalue weighted by Crippen LogP contribution is -2.45. The number of amides is 2. The van der Waals surface area contributed by atoms with E-state index in [1.54, 1.807) is 45.5 Å².